The van der Waals surface area contributed by atoms with E-state index in [1.807, 2.05) is 0 Å². The standard InChI is InChI=1S/C9H15N3O2S/c1-12-8(13)10-11-9(12)15-6-7-4-2-3-5-14-7/h7H,2-6H2,1H3,(H,10,13)/t7-/m0/s1. The summed E-state index contributed by atoms with van der Waals surface area (Å²) in [5.41, 5.74) is -0.165. The van der Waals surface area contributed by atoms with Crippen LogP contribution in [0.15, 0.2) is 9.95 Å². The van der Waals surface area contributed by atoms with Crippen LogP contribution in [0, 0.1) is 0 Å². The molecule has 1 N–H and O–H groups in total. The van der Waals surface area contributed by atoms with Crippen molar-refractivity contribution in [3.8, 4) is 0 Å². The fraction of sp³-hybridized carbons (Fsp3) is 0.778. The third-order valence-corrected chi connectivity index (χ3v) is 3.67. The number of rotatable bonds is 3. The number of hydrogen-bond acceptors (Lipinski definition) is 4. The number of H-pyrrole nitrogens is 1. The summed E-state index contributed by atoms with van der Waals surface area (Å²) in [4.78, 5) is 11.1. The maximum Gasteiger partial charge on any atom is 0.343 e. The lowest BCUT2D eigenvalue weighted by Crippen LogP contribution is -2.21. The molecule has 1 aromatic heterocycles. The van der Waals surface area contributed by atoms with Crippen LogP contribution in [-0.4, -0.2) is 33.2 Å². The van der Waals surface area contributed by atoms with E-state index in [0.29, 0.717) is 6.10 Å². The predicted molar refractivity (Wildman–Crippen MR) is 58.1 cm³/mol. The molecule has 2 rings (SSSR count). The van der Waals surface area contributed by atoms with Crippen LogP contribution in [-0.2, 0) is 11.8 Å². The first-order valence-electron chi connectivity index (χ1n) is 5.13. The van der Waals surface area contributed by atoms with Crippen molar-refractivity contribution < 1.29 is 4.74 Å². The number of aromatic nitrogens is 3. The van der Waals surface area contributed by atoms with Gasteiger partial charge in [0.15, 0.2) is 5.16 Å². The Morgan fingerprint density at radius 3 is 3.13 bits per heavy atom. The normalized spacial score (nSPS) is 21.8. The molecular weight excluding hydrogens is 214 g/mol. The van der Waals surface area contributed by atoms with Gasteiger partial charge in [0, 0.05) is 19.4 Å². The van der Waals surface area contributed by atoms with Gasteiger partial charge in [0.25, 0.3) is 0 Å². The number of aromatic amines is 1. The minimum absolute atomic E-state index is 0.165. The van der Waals surface area contributed by atoms with E-state index in [1.54, 1.807) is 18.8 Å². The van der Waals surface area contributed by atoms with E-state index in [-0.39, 0.29) is 5.69 Å². The Morgan fingerprint density at radius 1 is 1.67 bits per heavy atom. The molecule has 0 bridgehead atoms. The van der Waals surface area contributed by atoms with E-state index >= 15 is 0 Å². The molecule has 6 heteroatoms. The molecule has 0 unspecified atom stereocenters. The second-order valence-corrected chi connectivity index (χ2v) is 4.66. The van der Waals surface area contributed by atoms with E-state index in [2.05, 4.69) is 10.2 Å². The Labute approximate surface area is 92.2 Å². The SMILES string of the molecule is Cn1c(SC[C@@H]2CCCCO2)n[nH]c1=O. The Balaban J connectivity index is 1.87. The first kappa shape index (κ1) is 10.8. The zero-order valence-electron chi connectivity index (χ0n) is 8.73. The highest BCUT2D eigenvalue weighted by atomic mass is 32.2. The van der Waals surface area contributed by atoms with Crippen molar-refractivity contribution in [3.63, 3.8) is 0 Å². The second-order valence-electron chi connectivity index (χ2n) is 3.67. The Hall–Kier alpha value is -0.750. The molecule has 2 heterocycles. The van der Waals surface area contributed by atoms with Crippen molar-refractivity contribution in [2.75, 3.05) is 12.4 Å². The van der Waals surface area contributed by atoms with Gasteiger partial charge >= 0.3 is 5.69 Å². The van der Waals surface area contributed by atoms with Crippen LogP contribution in [0.2, 0.25) is 0 Å². The van der Waals surface area contributed by atoms with Gasteiger partial charge in [-0.15, -0.1) is 5.10 Å². The van der Waals surface area contributed by atoms with E-state index in [9.17, 15) is 4.79 Å². The van der Waals surface area contributed by atoms with Crippen molar-refractivity contribution >= 4 is 11.8 Å². The molecule has 0 aromatic carbocycles. The first-order chi connectivity index (χ1) is 7.27. The molecule has 1 aliphatic rings. The van der Waals surface area contributed by atoms with E-state index in [4.69, 9.17) is 4.74 Å². The fourth-order valence-corrected chi connectivity index (χ4v) is 2.55. The van der Waals surface area contributed by atoms with Gasteiger partial charge in [0.1, 0.15) is 0 Å². The molecule has 0 amide bonds. The molecule has 1 aliphatic heterocycles. The van der Waals surface area contributed by atoms with Crippen LogP contribution in [0.3, 0.4) is 0 Å². The molecule has 0 aliphatic carbocycles. The zero-order valence-corrected chi connectivity index (χ0v) is 9.55. The summed E-state index contributed by atoms with van der Waals surface area (Å²) >= 11 is 1.57. The summed E-state index contributed by atoms with van der Waals surface area (Å²) in [5, 5.41) is 7.08. The molecule has 15 heavy (non-hydrogen) atoms. The molecule has 1 saturated heterocycles. The highest BCUT2D eigenvalue weighted by Gasteiger charge is 2.15. The summed E-state index contributed by atoms with van der Waals surface area (Å²) in [7, 11) is 1.72. The topological polar surface area (TPSA) is 59.9 Å². The van der Waals surface area contributed by atoms with Crippen molar-refractivity contribution in [1.29, 1.82) is 0 Å². The number of nitrogens with one attached hydrogen (secondary N) is 1. The van der Waals surface area contributed by atoms with Gasteiger partial charge < -0.3 is 4.74 Å². The third-order valence-electron chi connectivity index (χ3n) is 2.51. The molecule has 5 nitrogen and oxygen atoms in total. The van der Waals surface area contributed by atoms with Crippen LogP contribution >= 0.6 is 11.8 Å². The molecule has 0 radical (unpaired) electrons. The lowest BCUT2D eigenvalue weighted by molar-refractivity contribution is 0.0315. The average Bonchev–Trinajstić information content (AvgIpc) is 2.59. The maximum absolute atomic E-state index is 11.1. The second kappa shape index (κ2) is 4.85. The Bertz CT molecular complexity index is 368. The van der Waals surface area contributed by atoms with Gasteiger partial charge in [-0.1, -0.05) is 11.8 Å². The van der Waals surface area contributed by atoms with Gasteiger partial charge in [-0.3, -0.25) is 4.57 Å². The molecule has 0 spiro atoms. The molecule has 1 fully saturated rings. The van der Waals surface area contributed by atoms with Crippen molar-refractivity contribution in [1.82, 2.24) is 14.8 Å². The van der Waals surface area contributed by atoms with Gasteiger partial charge in [-0.05, 0) is 19.3 Å². The van der Waals surface area contributed by atoms with Gasteiger partial charge in [0.2, 0.25) is 0 Å². The quantitative estimate of drug-likeness (QED) is 0.778. The fourth-order valence-electron chi connectivity index (χ4n) is 1.57. The Kier molecular flexibility index (Phi) is 3.48. The highest BCUT2D eigenvalue weighted by molar-refractivity contribution is 7.99. The van der Waals surface area contributed by atoms with Crippen LogP contribution < -0.4 is 5.69 Å². The monoisotopic (exact) mass is 229 g/mol. The van der Waals surface area contributed by atoms with E-state index in [0.717, 1.165) is 23.9 Å². The number of thioether (sulfide) groups is 1. The predicted octanol–water partition coefficient (Wildman–Crippen LogP) is 0.770. The first-order valence-corrected chi connectivity index (χ1v) is 6.12. The summed E-state index contributed by atoms with van der Waals surface area (Å²) in [6.07, 6.45) is 3.84. The minimum atomic E-state index is -0.165. The number of hydrogen-bond donors (Lipinski definition) is 1. The third kappa shape index (κ3) is 2.63. The molecule has 84 valence electrons. The van der Waals surface area contributed by atoms with Crippen LogP contribution in [0.4, 0.5) is 0 Å². The summed E-state index contributed by atoms with van der Waals surface area (Å²) < 4.78 is 7.12. The van der Waals surface area contributed by atoms with E-state index < -0.39 is 0 Å². The van der Waals surface area contributed by atoms with Gasteiger partial charge in [0.05, 0.1) is 6.10 Å². The lowest BCUT2D eigenvalue weighted by Gasteiger charge is -2.21. The smallest absolute Gasteiger partial charge is 0.343 e. The number of nitrogens with zero attached hydrogens (tertiary/aromatic N) is 2. The van der Waals surface area contributed by atoms with Crippen molar-refractivity contribution in [2.45, 2.75) is 30.5 Å². The number of ether oxygens (including phenoxy) is 1. The molecule has 1 atom stereocenters. The minimum Gasteiger partial charge on any atom is -0.377 e. The summed E-state index contributed by atoms with van der Waals surface area (Å²) in [5.74, 6) is 0.873. The van der Waals surface area contributed by atoms with Crippen LogP contribution in [0.5, 0.6) is 0 Å². The average molecular weight is 229 g/mol. The van der Waals surface area contributed by atoms with Crippen molar-refractivity contribution in [2.24, 2.45) is 7.05 Å². The lowest BCUT2D eigenvalue weighted by atomic mass is 10.1. The Morgan fingerprint density at radius 2 is 2.53 bits per heavy atom. The van der Waals surface area contributed by atoms with Crippen LogP contribution in [0.1, 0.15) is 19.3 Å². The van der Waals surface area contributed by atoms with Gasteiger partial charge in [-0.2, -0.15) is 0 Å². The van der Waals surface area contributed by atoms with Crippen molar-refractivity contribution in [3.05, 3.63) is 10.5 Å². The molecule has 1 aromatic rings. The highest BCUT2D eigenvalue weighted by Crippen LogP contribution is 2.20. The molecule has 0 saturated carbocycles. The molecular formula is C9H15N3O2S. The largest absolute Gasteiger partial charge is 0.377 e. The maximum atomic E-state index is 11.1. The van der Waals surface area contributed by atoms with Crippen LogP contribution in [0.25, 0.3) is 0 Å². The summed E-state index contributed by atoms with van der Waals surface area (Å²) in [6.45, 7) is 0.866. The van der Waals surface area contributed by atoms with Gasteiger partial charge in [-0.25, -0.2) is 9.89 Å². The summed E-state index contributed by atoms with van der Waals surface area (Å²) in [6, 6.07) is 0. The van der Waals surface area contributed by atoms with E-state index in [1.165, 1.54) is 17.4 Å². The zero-order chi connectivity index (χ0) is 10.7.